The van der Waals surface area contributed by atoms with E-state index in [9.17, 15) is 14.4 Å². The third-order valence-electron chi connectivity index (χ3n) is 4.16. The first-order valence-electron chi connectivity index (χ1n) is 8.53. The summed E-state index contributed by atoms with van der Waals surface area (Å²) in [5.41, 5.74) is 1.09. The second kappa shape index (κ2) is 7.96. The van der Waals surface area contributed by atoms with Gasteiger partial charge in [0.15, 0.2) is 23.9 Å². The molecule has 0 aliphatic carbocycles. The van der Waals surface area contributed by atoms with E-state index in [1.165, 1.54) is 31.4 Å². The van der Waals surface area contributed by atoms with Gasteiger partial charge in [-0.15, -0.1) is 0 Å². The Labute approximate surface area is 160 Å². The van der Waals surface area contributed by atoms with Crippen LogP contribution in [0.4, 0.5) is 0 Å². The fraction of sp³-hybridized carbons (Fsp3) is 0.190. The van der Waals surface area contributed by atoms with Crippen molar-refractivity contribution in [2.24, 2.45) is 0 Å². The van der Waals surface area contributed by atoms with Gasteiger partial charge < -0.3 is 19.0 Å². The lowest BCUT2D eigenvalue weighted by atomic mass is 10.1. The van der Waals surface area contributed by atoms with Crippen molar-refractivity contribution in [3.05, 3.63) is 59.0 Å². The van der Waals surface area contributed by atoms with Crippen molar-refractivity contribution >= 4 is 22.7 Å². The van der Waals surface area contributed by atoms with Crippen LogP contribution in [0, 0.1) is 0 Å². The van der Waals surface area contributed by atoms with Crippen molar-refractivity contribution in [1.82, 2.24) is 0 Å². The van der Waals surface area contributed by atoms with Gasteiger partial charge in [-0.05, 0) is 43.7 Å². The van der Waals surface area contributed by atoms with Gasteiger partial charge in [-0.3, -0.25) is 9.59 Å². The third kappa shape index (κ3) is 4.20. The number of ketones is 1. The van der Waals surface area contributed by atoms with Crippen LogP contribution < -0.4 is 14.9 Å². The maximum Gasteiger partial charge on any atom is 0.341 e. The van der Waals surface area contributed by atoms with Gasteiger partial charge in [0.25, 0.3) is 0 Å². The summed E-state index contributed by atoms with van der Waals surface area (Å²) in [7, 11) is 0. The van der Waals surface area contributed by atoms with Gasteiger partial charge in [0.2, 0.25) is 0 Å². The number of fused-ring (bicyclic) bond motifs is 1. The number of ether oxygens (including phenoxy) is 2. The first kappa shape index (κ1) is 19.2. The molecule has 7 heteroatoms. The van der Waals surface area contributed by atoms with E-state index in [2.05, 4.69) is 0 Å². The third-order valence-corrected chi connectivity index (χ3v) is 4.16. The van der Waals surface area contributed by atoms with E-state index in [4.69, 9.17) is 19.0 Å². The molecule has 1 heterocycles. The Morgan fingerprint density at radius 1 is 1.11 bits per heavy atom. The van der Waals surface area contributed by atoms with Crippen LogP contribution in [-0.2, 0) is 9.59 Å². The highest BCUT2D eigenvalue weighted by Crippen LogP contribution is 2.25. The first-order chi connectivity index (χ1) is 13.3. The molecular weight excluding hydrogens is 364 g/mol. The topological polar surface area (TPSA) is 103 Å². The molecule has 1 unspecified atom stereocenters. The highest BCUT2D eigenvalue weighted by Gasteiger charge is 2.12. The van der Waals surface area contributed by atoms with E-state index in [1.54, 1.807) is 31.2 Å². The number of hydrogen-bond acceptors (Lipinski definition) is 6. The van der Waals surface area contributed by atoms with Crippen LogP contribution >= 0.6 is 0 Å². The number of benzene rings is 2. The highest BCUT2D eigenvalue weighted by atomic mass is 16.5. The average Bonchev–Trinajstić information content (AvgIpc) is 2.67. The molecule has 1 aromatic heterocycles. The minimum Gasteiger partial charge on any atom is -0.483 e. The number of carboxylic acid groups (broad SMARTS) is 1. The molecule has 3 aromatic rings. The molecule has 0 aliphatic rings. The molecule has 0 radical (unpaired) electrons. The van der Waals surface area contributed by atoms with Gasteiger partial charge in [0.1, 0.15) is 23.3 Å². The monoisotopic (exact) mass is 382 g/mol. The van der Waals surface area contributed by atoms with E-state index < -0.39 is 18.7 Å². The smallest absolute Gasteiger partial charge is 0.341 e. The Morgan fingerprint density at radius 3 is 2.43 bits per heavy atom. The summed E-state index contributed by atoms with van der Waals surface area (Å²) in [5.74, 6) is -0.350. The van der Waals surface area contributed by atoms with Crippen molar-refractivity contribution in [2.45, 2.75) is 20.0 Å². The minimum atomic E-state index is -1.10. The van der Waals surface area contributed by atoms with Gasteiger partial charge in [0, 0.05) is 6.07 Å². The summed E-state index contributed by atoms with van der Waals surface area (Å²) in [6, 6.07) is 11.3. The molecule has 1 N–H and O–H groups in total. The highest BCUT2D eigenvalue weighted by molar-refractivity contribution is 5.83. The standard InChI is InChI=1S/C21H18O7/c1-12(22)13(2)28-15-5-3-14(4-6-15)18-10-27-19-9-16(26-11-20(23)24)7-8-17(19)21(18)25/h3-10,13H,11H2,1-2H3,(H,23,24). The average molecular weight is 382 g/mol. The van der Waals surface area contributed by atoms with Crippen molar-refractivity contribution < 1.29 is 28.6 Å². The van der Waals surface area contributed by atoms with E-state index in [0.717, 1.165) is 0 Å². The predicted molar refractivity (Wildman–Crippen MR) is 102 cm³/mol. The zero-order valence-corrected chi connectivity index (χ0v) is 15.3. The second-order valence-electron chi connectivity index (χ2n) is 6.21. The fourth-order valence-electron chi connectivity index (χ4n) is 2.54. The number of carbonyl (C=O) groups excluding carboxylic acids is 1. The Bertz CT molecular complexity index is 1080. The van der Waals surface area contributed by atoms with Crippen LogP contribution in [0.5, 0.6) is 11.5 Å². The lowest BCUT2D eigenvalue weighted by Gasteiger charge is -2.12. The molecule has 3 rings (SSSR count). The summed E-state index contributed by atoms with van der Waals surface area (Å²) < 4.78 is 16.2. The zero-order chi connectivity index (χ0) is 20.3. The molecule has 0 spiro atoms. The molecule has 0 aliphatic heterocycles. The van der Waals surface area contributed by atoms with Crippen molar-refractivity contribution in [1.29, 1.82) is 0 Å². The Kier molecular flexibility index (Phi) is 5.44. The summed E-state index contributed by atoms with van der Waals surface area (Å²) >= 11 is 0. The second-order valence-corrected chi connectivity index (χ2v) is 6.21. The number of hydrogen-bond donors (Lipinski definition) is 1. The SMILES string of the molecule is CC(=O)C(C)Oc1ccc(-c2coc3cc(OCC(=O)O)ccc3c2=O)cc1. The zero-order valence-electron chi connectivity index (χ0n) is 15.3. The molecule has 0 saturated carbocycles. The minimum absolute atomic E-state index is 0.0778. The van der Waals surface area contributed by atoms with E-state index in [0.29, 0.717) is 33.6 Å². The molecule has 28 heavy (non-hydrogen) atoms. The molecular formula is C21H18O7. The van der Waals surface area contributed by atoms with Gasteiger partial charge in [-0.1, -0.05) is 12.1 Å². The van der Waals surface area contributed by atoms with Crippen LogP contribution in [0.2, 0.25) is 0 Å². The van der Waals surface area contributed by atoms with Crippen LogP contribution in [0.15, 0.2) is 57.9 Å². The molecule has 0 amide bonds. The number of aliphatic carboxylic acids is 1. The molecule has 144 valence electrons. The molecule has 0 saturated heterocycles. The Morgan fingerprint density at radius 2 is 1.79 bits per heavy atom. The van der Waals surface area contributed by atoms with Gasteiger partial charge in [0.05, 0.1) is 10.9 Å². The van der Waals surface area contributed by atoms with E-state index in [-0.39, 0.29) is 11.2 Å². The summed E-state index contributed by atoms with van der Waals surface area (Å²) in [6.07, 6.45) is 0.800. The lowest BCUT2D eigenvalue weighted by molar-refractivity contribution is -0.139. The summed E-state index contributed by atoms with van der Waals surface area (Å²) in [6.45, 7) is 2.64. The van der Waals surface area contributed by atoms with Crippen LogP contribution in [0.3, 0.4) is 0 Å². The maximum atomic E-state index is 12.8. The molecule has 7 nitrogen and oxygen atoms in total. The van der Waals surface area contributed by atoms with Crippen molar-refractivity contribution in [3.63, 3.8) is 0 Å². The van der Waals surface area contributed by atoms with Gasteiger partial charge in [-0.25, -0.2) is 4.79 Å². The molecule has 2 aromatic carbocycles. The number of Topliss-reactive ketones (excluding diaryl/α,β-unsaturated/α-hetero) is 1. The normalized spacial score (nSPS) is 11.8. The van der Waals surface area contributed by atoms with Crippen LogP contribution in [-0.4, -0.2) is 29.6 Å². The fourth-order valence-corrected chi connectivity index (χ4v) is 2.54. The number of carbonyl (C=O) groups is 2. The summed E-state index contributed by atoms with van der Waals surface area (Å²) in [4.78, 5) is 34.7. The molecule has 0 bridgehead atoms. The van der Waals surface area contributed by atoms with Gasteiger partial charge in [-0.2, -0.15) is 0 Å². The van der Waals surface area contributed by atoms with Crippen molar-refractivity contribution in [2.75, 3.05) is 6.61 Å². The maximum absolute atomic E-state index is 12.8. The quantitative estimate of drug-likeness (QED) is 0.669. The largest absolute Gasteiger partial charge is 0.483 e. The Balaban J connectivity index is 1.88. The number of carboxylic acids is 1. The lowest BCUT2D eigenvalue weighted by Crippen LogP contribution is -2.20. The van der Waals surface area contributed by atoms with E-state index in [1.807, 2.05) is 0 Å². The summed E-state index contributed by atoms with van der Waals surface area (Å²) in [5, 5.41) is 9.02. The predicted octanol–water partition coefficient (Wildman–Crippen LogP) is 3.28. The van der Waals surface area contributed by atoms with Crippen LogP contribution in [0.1, 0.15) is 13.8 Å². The van der Waals surface area contributed by atoms with Crippen LogP contribution in [0.25, 0.3) is 22.1 Å². The molecule has 1 atom stereocenters. The van der Waals surface area contributed by atoms with Crippen molar-refractivity contribution in [3.8, 4) is 22.6 Å². The Hall–Kier alpha value is -3.61. The van der Waals surface area contributed by atoms with Gasteiger partial charge >= 0.3 is 5.97 Å². The number of rotatable bonds is 7. The first-order valence-corrected chi connectivity index (χ1v) is 8.53. The molecule has 0 fully saturated rings. The van der Waals surface area contributed by atoms with E-state index >= 15 is 0 Å².